The molecular formula is C15H23N3O. The molecule has 1 aliphatic heterocycles. The van der Waals surface area contributed by atoms with Gasteiger partial charge in [0.2, 0.25) is 0 Å². The lowest BCUT2D eigenvalue weighted by molar-refractivity contribution is 0.175. The van der Waals surface area contributed by atoms with Gasteiger partial charge in [-0.3, -0.25) is 4.90 Å². The molecule has 1 aliphatic rings. The van der Waals surface area contributed by atoms with Crippen LogP contribution in [-0.2, 0) is 6.54 Å². The lowest BCUT2D eigenvalue weighted by Gasteiger charge is -2.31. The smallest absolute Gasteiger partial charge is 0.170 e. The monoisotopic (exact) mass is 261 g/mol. The number of rotatable bonds is 4. The first kappa shape index (κ1) is 13.9. The number of nitrogens with two attached hydrogens (primary N) is 1. The lowest BCUT2D eigenvalue weighted by atomic mass is 9.94. The maximum atomic E-state index is 8.71. The Hall–Kier alpha value is -1.55. The highest BCUT2D eigenvalue weighted by Gasteiger charge is 2.17. The molecule has 0 spiro atoms. The second-order valence-electron chi connectivity index (χ2n) is 5.31. The quantitative estimate of drug-likeness (QED) is 0.379. The van der Waals surface area contributed by atoms with Gasteiger partial charge in [-0.25, -0.2) is 0 Å². The zero-order valence-electron chi connectivity index (χ0n) is 11.5. The molecule has 1 aromatic carbocycles. The summed E-state index contributed by atoms with van der Waals surface area (Å²) in [4.78, 5) is 2.48. The molecule has 1 saturated heterocycles. The lowest BCUT2D eigenvalue weighted by Crippen LogP contribution is -2.33. The van der Waals surface area contributed by atoms with Crippen LogP contribution in [0.4, 0.5) is 0 Å². The summed E-state index contributed by atoms with van der Waals surface area (Å²) >= 11 is 0. The molecule has 19 heavy (non-hydrogen) atoms. The Morgan fingerprint density at radius 2 is 2.16 bits per heavy atom. The van der Waals surface area contributed by atoms with Gasteiger partial charge >= 0.3 is 0 Å². The van der Waals surface area contributed by atoms with Crippen LogP contribution in [0.2, 0.25) is 0 Å². The molecule has 3 N–H and O–H groups in total. The molecule has 0 bridgehead atoms. The number of benzene rings is 1. The first-order chi connectivity index (χ1) is 9.22. The highest BCUT2D eigenvalue weighted by atomic mass is 16.4. The summed E-state index contributed by atoms with van der Waals surface area (Å²) in [6, 6.07) is 7.92. The van der Waals surface area contributed by atoms with Crippen molar-refractivity contribution in [3.8, 4) is 0 Å². The first-order valence-corrected chi connectivity index (χ1v) is 7.02. The van der Waals surface area contributed by atoms with Crippen LogP contribution in [0.1, 0.15) is 37.3 Å². The van der Waals surface area contributed by atoms with Crippen molar-refractivity contribution in [2.75, 3.05) is 13.1 Å². The van der Waals surface area contributed by atoms with Crippen molar-refractivity contribution in [3.05, 3.63) is 35.4 Å². The van der Waals surface area contributed by atoms with Gasteiger partial charge in [0.15, 0.2) is 5.84 Å². The Morgan fingerprint density at radius 3 is 2.79 bits per heavy atom. The van der Waals surface area contributed by atoms with Gasteiger partial charge in [0.1, 0.15) is 0 Å². The summed E-state index contributed by atoms with van der Waals surface area (Å²) in [5.74, 6) is 1.08. The highest BCUT2D eigenvalue weighted by molar-refractivity contribution is 5.97. The number of hydrogen-bond donors (Lipinski definition) is 2. The summed E-state index contributed by atoms with van der Waals surface area (Å²) in [5, 5.41) is 11.8. The highest BCUT2D eigenvalue weighted by Crippen LogP contribution is 2.21. The van der Waals surface area contributed by atoms with Crippen molar-refractivity contribution in [1.82, 2.24) is 4.90 Å². The van der Waals surface area contributed by atoms with Gasteiger partial charge in [-0.05, 0) is 43.5 Å². The molecule has 0 aliphatic carbocycles. The van der Waals surface area contributed by atoms with Gasteiger partial charge in [-0.2, -0.15) is 0 Å². The number of amidine groups is 1. The predicted octanol–water partition coefficient (Wildman–Crippen LogP) is 2.40. The van der Waals surface area contributed by atoms with Gasteiger partial charge in [-0.15, -0.1) is 0 Å². The van der Waals surface area contributed by atoms with Crippen molar-refractivity contribution in [1.29, 1.82) is 0 Å². The molecular weight excluding hydrogens is 238 g/mol. The van der Waals surface area contributed by atoms with Crippen molar-refractivity contribution >= 4 is 5.84 Å². The number of piperidine rings is 1. The minimum atomic E-state index is 0.173. The standard InChI is InChI=1S/C15H23N3O/c1-2-12-6-8-18(9-7-12)11-13-4-3-5-14(10-13)15(16)17-19/h3-5,10,12,19H,2,6-9,11H2,1H3,(H2,16,17). The van der Waals surface area contributed by atoms with E-state index in [0.717, 1.165) is 18.0 Å². The minimum absolute atomic E-state index is 0.173. The van der Waals surface area contributed by atoms with Crippen molar-refractivity contribution in [2.24, 2.45) is 16.8 Å². The summed E-state index contributed by atoms with van der Waals surface area (Å²) < 4.78 is 0. The molecule has 1 fully saturated rings. The van der Waals surface area contributed by atoms with Gasteiger partial charge in [0.25, 0.3) is 0 Å². The molecule has 0 aromatic heterocycles. The Morgan fingerprint density at radius 1 is 1.42 bits per heavy atom. The van der Waals surface area contributed by atoms with Gasteiger partial charge < -0.3 is 10.9 Å². The number of hydrogen-bond acceptors (Lipinski definition) is 3. The van der Waals surface area contributed by atoms with E-state index in [2.05, 4.69) is 23.0 Å². The molecule has 0 atom stereocenters. The second-order valence-corrected chi connectivity index (χ2v) is 5.31. The second kappa shape index (κ2) is 6.57. The normalized spacial score (nSPS) is 18.7. The molecule has 4 heteroatoms. The van der Waals surface area contributed by atoms with E-state index in [9.17, 15) is 0 Å². The molecule has 1 heterocycles. The van der Waals surface area contributed by atoms with Gasteiger partial charge in [0.05, 0.1) is 0 Å². The Labute approximate surface area is 114 Å². The average molecular weight is 261 g/mol. The van der Waals surface area contributed by atoms with E-state index in [-0.39, 0.29) is 5.84 Å². The third-order valence-corrected chi connectivity index (χ3v) is 4.02. The van der Waals surface area contributed by atoms with Crippen LogP contribution < -0.4 is 5.73 Å². The molecule has 2 rings (SSSR count). The van der Waals surface area contributed by atoms with E-state index in [1.165, 1.54) is 37.9 Å². The van der Waals surface area contributed by atoms with Gasteiger partial charge in [-0.1, -0.05) is 36.7 Å². The van der Waals surface area contributed by atoms with Crippen LogP contribution >= 0.6 is 0 Å². The molecule has 0 amide bonds. The first-order valence-electron chi connectivity index (χ1n) is 7.02. The SMILES string of the molecule is CCC1CCN(Cc2cccc(/C(N)=N/O)c2)CC1. The largest absolute Gasteiger partial charge is 0.409 e. The van der Waals surface area contributed by atoms with Crippen molar-refractivity contribution < 1.29 is 5.21 Å². The fraction of sp³-hybridized carbons (Fsp3) is 0.533. The molecule has 4 nitrogen and oxygen atoms in total. The maximum absolute atomic E-state index is 8.71. The molecule has 104 valence electrons. The van der Waals surface area contributed by atoms with Gasteiger partial charge in [0, 0.05) is 12.1 Å². The van der Waals surface area contributed by atoms with Crippen LogP contribution in [0.25, 0.3) is 0 Å². The van der Waals surface area contributed by atoms with E-state index < -0.39 is 0 Å². The number of oxime groups is 1. The van der Waals surface area contributed by atoms with E-state index in [4.69, 9.17) is 10.9 Å². The van der Waals surface area contributed by atoms with Crippen molar-refractivity contribution in [2.45, 2.75) is 32.7 Å². The Kier molecular flexibility index (Phi) is 4.80. The zero-order chi connectivity index (χ0) is 13.7. The topological polar surface area (TPSA) is 61.8 Å². The zero-order valence-corrected chi connectivity index (χ0v) is 11.5. The summed E-state index contributed by atoms with van der Waals surface area (Å²) in [6.07, 6.45) is 3.90. The van der Waals surface area contributed by atoms with E-state index in [0.29, 0.717) is 0 Å². The third kappa shape index (κ3) is 3.70. The summed E-state index contributed by atoms with van der Waals surface area (Å²) in [7, 11) is 0. The fourth-order valence-corrected chi connectivity index (χ4v) is 2.70. The van der Waals surface area contributed by atoms with Crippen LogP contribution in [0.15, 0.2) is 29.4 Å². The Balaban J connectivity index is 1.96. The van der Waals surface area contributed by atoms with E-state index in [1.54, 1.807) is 0 Å². The average Bonchev–Trinajstić information content (AvgIpc) is 2.47. The van der Waals surface area contributed by atoms with Crippen LogP contribution in [0.3, 0.4) is 0 Å². The van der Waals surface area contributed by atoms with Crippen LogP contribution in [-0.4, -0.2) is 29.0 Å². The molecule has 1 aromatic rings. The minimum Gasteiger partial charge on any atom is -0.409 e. The predicted molar refractivity (Wildman–Crippen MR) is 77.2 cm³/mol. The number of nitrogens with zero attached hydrogens (tertiary/aromatic N) is 2. The fourth-order valence-electron chi connectivity index (χ4n) is 2.70. The number of likely N-dealkylation sites (tertiary alicyclic amines) is 1. The van der Waals surface area contributed by atoms with Crippen molar-refractivity contribution in [3.63, 3.8) is 0 Å². The Bertz CT molecular complexity index is 437. The summed E-state index contributed by atoms with van der Waals surface area (Å²) in [6.45, 7) is 5.57. The summed E-state index contributed by atoms with van der Waals surface area (Å²) in [5.41, 5.74) is 7.62. The maximum Gasteiger partial charge on any atom is 0.170 e. The molecule has 0 radical (unpaired) electrons. The third-order valence-electron chi connectivity index (χ3n) is 4.02. The molecule has 0 unspecified atom stereocenters. The van der Waals surface area contributed by atoms with E-state index in [1.807, 2.05) is 18.2 Å². The van der Waals surface area contributed by atoms with E-state index >= 15 is 0 Å². The van der Waals surface area contributed by atoms with Crippen LogP contribution in [0.5, 0.6) is 0 Å². The van der Waals surface area contributed by atoms with Crippen LogP contribution in [0, 0.1) is 5.92 Å². The molecule has 0 saturated carbocycles.